The molecule has 4 nitrogen and oxygen atoms in total. The van der Waals surface area contributed by atoms with E-state index < -0.39 is 0 Å². The van der Waals surface area contributed by atoms with Crippen molar-refractivity contribution < 1.29 is 0 Å². The van der Waals surface area contributed by atoms with Gasteiger partial charge in [-0.1, -0.05) is 47.7 Å². The van der Waals surface area contributed by atoms with E-state index in [1.807, 2.05) is 67.8 Å². The summed E-state index contributed by atoms with van der Waals surface area (Å²) in [6.07, 6.45) is 3.93. The highest BCUT2D eigenvalue weighted by Gasteiger charge is 2.13. The largest absolute Gasteiger partial charge is 0.291 e. The molecule has 0 saturated heterocycles. The maximum Gasteiger partial charge on any atom is 0.291 e. The van der Waals surface area contributed by atoms with Crippen molar-refractivity contribution in [2.75, 3.05) is 6.26 Å². The number of rotatable bonds is 3. The van der Waals surface area contributed by atoms with Crippen LogP contribution in [0.1, 0.15) is 11.1 Å². The van der Waals surface area contributed by atoms with Crippen LogP contribution in [0.3, 0.4) is 0 Å². The Labute approximate surface area is 152 Å². The maximum absolute atomic E-state index is 12.6. The Balaban J connectivity index is 1.79. The van der Waals surface area contributed by atoms with Crippen LogP contribution in [0.15, 0.2) is 58.2 Å². The van der Waals surface area contributed by atoms with Crippen LogP contribution in [-0.2, 0) is 0 Å². The number of thiazole rings is 1. The van der Waals surface area contributed by atoms with Gasteiger partial charge in [0.2, 0.25) is 4.96 Å². The van der Waals surface area contributed by atoms with Gasteiger partial charge in [-0.05, 0) is 42.5 Å². The predicted molar refractivity (Wildman–Crippen MR) is 104 cm³/mol. The van der Waals surface area contributed by atoms with E-state index in [2.05, 4.69) is 10.1 Å². The van der Waals surface area contributed by atoms with Gasteiger partial charge in [0.05, 0.1) is 4.53 Å². The topological polar surface area (TPSA) is 47.3 Å². The van der Waals surface area contributed by atoms with Crippen molar-refractivity contribution in [3.8, 4) is 11.4 Å². The fourth-order valence-corrected chi connectivity index (χ4v) is 3.94. The fraction of sp³-hybridized carbons (Fsp3) is 0.105. The number of hydrogen-bond acceptors (Lipinski definition) is 5. The first-order valence-corrected chi connectivity index (χ1v) is 9.81. The SMILES string of the molecule is CSc1ccc(C=c2sc3nc(-c4ccccc4C)nn3c2=O)cc1. The Hall–Kier alpha value is -2.44. The molecule has 0 atom stereocenters. The summed E-state index contributed by atoms with van der Waals surface area (Å²) in [5.41, 5.74) is 2.92. The highest BCUT2D eigenvalue weighted by molar-refractivity contribution is 7.98. The number of hydrogen-bond donors (Lipinski definition) is 0. The van der Waals surface area contributed by atoms with Gasteiger partial charge in [-0.15, -0.1) is 16.9 Å². The highest BCUT2D eigenvalue weighted by atomic mass is 32.2. The molecule has 2 aromatic heterocycles. The minimum absolute atomic E-state index is 0.124. The Morgan fingerprint density at radius 2 is 1.88 bits per heavy atom. The van der Waals surface area contributed by atoms with E-state index in [4.69, 9.17) is 0 Å². The summed E-state index contributed by atoms with van der Waals surface area (Å²) in [6, 6.07) is 16.0. The van der Waals surface area contributed by atoms with E-state index >= 15 is 0 Å². The molecule has 4 aromatic rings. The number of aromatic nitrogens is 3. The van der Waals surface area contributed by atoms with Crippen molar-refractivity contribution >= 4 is 34.1 Å². The van der Waals surface area contributed by atoms with Crippen molar-refractivity contribution in [1.29, 1.82) is 0 Å². The highest BCUT2D eigenvalue weighted by Crippen LogP contribution is 2.20. The molecule has 124 valence electrons. The quantitative estimate of drug-likeness (QED) is 0.522. The third kappa shape index (κ3) is 2.99. The second-order valence-corrected chi connectivity index (χ2v) is 7.52. The van der Waals surface area contributed by atoms with Gasteiger partial charge in [-0.2, -0.15) is 9.50 Å². The van der Waals surface area contributed by atoms with Gasteiger partial charge in [0.1, 0.15) is 0 Å². The van der Waals surface area contributed by atoms with E-state index in [1.54, 1.807) is 11.8 Å². The van der Waals surface area contributed by atoms with Crippen LogP contribution in [0, 0.1) is 6.92 Å². The summed E-state index contributed by atoms with van der Waals surface area (Å²) in [6.45, 7) is 2.01. The van der Waals surface area contributed by atoms with Crippen LogP contribution in [0.4, 0.5) is 0 Å². The van der Waals surface area contributed by atoms with Crippen molar-refractivity contribution in [3.63, 3.8) is 0 Å². The lowest BCUT2D eigenvalue weighted by molar-refractivity contribution is 0.936. The average molecular weight is 365 g/mol. The molecular formula is C19H15N3OS2. The molecular weight excluding hydrogens is 350 g/mol. The zero-order chi connectivity index (χ0) is 17.4. The van der Waals surface area contributed by atoms with Gasteiger partial charge >= 0.3 is 0 Å². The molecule has 2 heterocycles. The Morgan fingerprint density at radius 3 is 2.56 bits per heavy atom. The van der Waals surface area contributed by atoms with E-state index in [0.717, 1.165) is 16.7 Å². The van der Waals surface area contributed by atoms with Crippen LogP contribution in [0.2, 0.25) is 0 Å². The third-order valence-corrected chi connectivity index (χ3v) is 5.68. The van der Waals surface area contributed by atoms with Crippen LogP contribution in [-0.4, -0.2) is 20.9 Å². The molecule has 25 heavy (non-hydrogen) atoms. The molecule has 0 radical (unpaired) electrons. The van der Waals surface area contributed by atoms with Gasteiger partial charge in [0, 0.05) is 10.5 Å². The summed E-state index contributed by atoms with van der Waals surface area (Å²) in [7, 11) is 0. The second-order valence-electron chi connectivity index (χ2n) is 5.63. The molecule has 0 aliphatic heterocycles. The number of benzene rings is 2. The predicted octanol–water partition coefficient (Wildman–Crippen LogP) is 3.40. The first-order valence-electron chi connectivity index (χ1n) is 7.77. The first-order chi connectivity index (χ1) is 12.2. The van der Waals surface area contributed by atoms with Crippen LogP contribution < -0.4 is 10.1 Å². The average Bonchev–Trinajstić information content (AvgIpc) is 3.16. The van der Waals surface area contributed by atoms with Crippen LogP contribution in [0.5, 0.6) is 0 Å². The zero-order valence-corrected chi connectivity index (χ0v) is 15.4. The Morgan fingerprint density at radius 1 is 1.12 bits per heavy atom. The van der Waals surface area contributed by atoms with E-state index in [-0.39, 0.29) is 5.56 Å². The number of fused-ring (bicyclic) bond motifs is 1. The minimum atomic E-state index is -0.124. The van der Waals surface area contributed by atoms with E-state index in [0.29, 0.717) is 15.3 Å². The summed E-state index contributed by atoms with van der Waals surface area (Å²) in [5.74, 6) is 0.595. The maximum atomic E-state index is 12.6. The standard InChI is InChI=1S/C19H15N3OS2/c1-12-5-3-4-6-15(12)17-20-19-22(21-17)18(23)16(25-19)11-13-7-9-14(24-2)10-8-13/h3-11H,1-2H3. The normalized spacial score (nSPS) is 12.2. The van der Waals surface area contributed by atoms with Crippen LogP contribution >= 0.6 is 23.1 Å². The van der Waals surface area contributed by atoms with Gasteiger partial charge in [-0.3, -0.25) is 4.79 Å². The van der Waals surface area contributed by atoms with Crippen molar-refractivity contribution in [2.45, 2.75) is 11.8 Å². The number of thioether (sulfide) groups is 1. The second kappa shape index (κ2) is 6.46. The summed E-state index contributed by atoms with van der Waals surface area (Å²) >= 11 is 3.06. The van der Waals surface area contributed by atoms with Crippen molar-refractivity contribution in [3.05, 3.63) is 74.5 Å². The summed E-state index contributed by atoms with van der Waals surface area (Å²) < 4.78 is 2.04. The molecule has 0 aliphatic carbocycles. The van der Waals surface area contributed by atoms with Gasteiger partial charge in [-0.25, -0.2) is 0 Å². The van der Waals surface area contributed by atoms with Crippen LogP contribution in [0.25, 0.3) is 22.4 Å². The lowest BCUT2D eigenvalue weighted by Gasteiger charge is -1.98. The summed E-state index contributed by atoms with van der Waals surface area (Å²) in [4.78, 5) is 19.0. The van der Waals surface area contributed by atoms with Gasteiger partial charge in [0.25, 0.3) is 5.56 Å². The molecule has 0 aliphatic rings. The molecule has 0 fully saturated rings. The van der Waals surface area contributed by atoms with Crippen molar-refractivity contribution in [2.24, 2.45) is 0 Å². The molecule has 6 heteroatoms. The monoisotopic (exact) mass is 365 g/mol. The summed E-state index contributed by atoms with van der Waals surface area (Å²) in [5, 5.41) is 4.41. The number of aryl methyl sites for hydroxylation is 1. The van der Waals surface area contributed by atoms with Gasteiger partial charge < -0.3 is 0 Å². The van der Waals surface area contributed by atoms with E-state index in [1.165, 1.54) is 20.7 Å². The molecule has 2 aromatic carbocycles. The molecule has 0 unspecified atom stereocenters. The molecule has 0 bridgehead atoms. The smallest absolute Gasteiger partial charge is 0.266 e. The Bertz CT molecular complexity index is 1160. The van der Waals surface area contributed by atoms with E-state index in [9.17, 15) is 4.79 Å². The minimum Gasteiger partial charge on any atom is -0.266 e. The molecule has 0 amide bonds. The third-order valence-electron chi connectivity index (χ3n) is 3.98. The zero-order valence-electron chi connectivity index (χ0n) is 13.8. The molecule has 4 rings (SSSR count). The Kier molecular flexibility index (Phi) is 4.15. The molecule has 0 spiro atoms. The molecule has 0 saturated carbocycles. The fourth-order valence-electron chi connectivity index (χ4n) is 2.62. The number of nitrogens with zero attached hydrogens (tertiary/aromatic N) is 3. The van der Waals surface area contributed by atoms with Gasteiger partial charge in [0.15, 0.2) is 5.82 Å². The lowest BCUT2D eigenvalue weighted by Crippen LogP contribution is -2.23. The molecule has 0 N–H and O–H groups in total. The van der Waals surface area contributed by atoms with Crippen molar-refractivity contribution in [1.82, 2.24) is 14.6 Å². The lowest BCUT2D eigenvalue weighted by atomic mass is 10.1. The first kappa shape index (κ1) is 16.1.